The van der Waals surface area contributed by atoms with Gasteiger partial charge in [0, 0.05) is 6.08 Å². The topological polar surface area (TPSA) is 39.4 Å². The summed E-state index contributed by atoms with van der Waals surface area (Å²) in [5.41, 5.74) is 0. The minimum absolute atomic E-state index is 0.332. The Bertz CT molecular complexity index is 176. The SMILES string of the molecule is C=CC(=O)O[SiH3].c1ccoc1. The highest BCUT2D eigenvalue weighted by Gasteiger charge is 1.81. The summed E-state index contributed by atoms with van der Waals surface area (Å²) in [7, 11) is 0.462. The molecule has 0 aliphatic rings. The van der Waals surface area contributed by atoms with Crippen LogP contribution in [0.15, 0.2) is 41.7 Å². The molecule has 0 unspecified atom stereocenters. The van der Waals surface area contributed by atoms with E-state index < -0.39 is 0 Å². The van der Waals surface area contributed by atoms with Crippen molar-refractivity contribution in [1.29, 1.82) is 0 Å². The van der Waals surface area contributed by atoms with E-state index in [1.165, 1.54) is 0 Å². The number of rotatable bonds is 1. The van der Waals surface area contributed by atoms with Crippen LogP contribution >= 0.6 is 0 Å². The number of carbonyl (C=O) groups is 1. The summed E-state index contributed by atoms with van der Waals surface area (Å²) in [4.78, 5) is 9.88. The van der Waals surface area contributed by atoms with E-state index in [0.29, 0.717) is 10.5 Å². The standard InChI is InChI=1S/C4H4O.C3H6O2Si/c1-2-4-5-3-1;1-2-3(4)5-6/h1-4H;2H,1H2,6H3. The third-order valence-electron chi connectivity index (χ3n) is 0.793. The molecular formula is C7H10O3Si. The van der Waals surface area contributed by atoms with Gasteiger partial charge in [-0.1, -0.05) is 6.58 Å². The molecule has 1 aromatic heterocycles. The minimum Gasteiger partial charge on any atom is -0.526 e. The molecule has 0 aliphatic heterocycles. The van der Waals surface area contributed by atoms with E-state index in [-0.39, 0.29) is 5.97 Å². The summed E-state index contributed by atoms with van der Waals surface area (Å²) in [5, 5.41) is 0. The Labute approximate surface area is 68.2 Å². The molecule has 0 fully saturated rings. The van der Waals surface area contributed by atoms with Gasteiger partial charge in [0.15, 0.2) is 0 Å². The first-order valence-electron chi connectivity index (χ1n) is 2.98. The second-order valence-corrected chi connectivity index (χ2v) is 1.93. The largest absolute Gasteiger partial charge is 0.526 e. The van der Waals surface area contributed by atoms with E-state index in [1.54, 1.807) is 12.5 Å². The van der Waals surface area contributed by atoms with Crippen LogP contribution in [0.3, 0.4) is 0 Å². The second kappa shape index (κ2) is 6.82. The van der Waals surface area contributed by atoms with Crippen molar-refractivity contribution in [3.05, 3.63) is 37.3 Å². The first-order valence-corrected chi connectivity index (χ1v) is 3.80. The lowest BCUT2D eigenvalue weighted by molar-refractivity contribution is -0.128. The second-order valence-electron chi connectivity index (χ2n) is 1.52. The first-order chi connectivity index (χ1) is 5.31. The van der Waals surface area contributed by atoms with E-state index >= 15 is 0 Å². The van der Waals surface area contributed by atoms with Gasteiger partial charge in [-0.25, -0.2) is 4.79 Å². The predicted molar refractivity (Wildman–Crippen MR) is 44.9 cm³/mol. The summed E-state index contributed by atoms with van der Waals surface area (Å²) in [6.07, 6.45) is 4.40. The molecule has 0 aromatic carbocycles. The quantitative estimate of drug-likeness (QED) is 0.449. The number of furan rings is 1. The zero-order chi connectivity index (χ0) is 8.53. The van der Waals surface area contributed by atoms with Crippen molar-refractivity contribution in [3.8, 4) is 0 Å². The molecule has 1 rings (SSSR count). The average Bonchev–Trinajstić information content (AvgIpc) is 2.60. The van der Waals surface area contributed by atoms with Gasteiger partial charge in [0.25, 0.3) is 0 Å². The van der Waals surface area contributed by atoms with Gasteiger partial charge in [-0.05, 0) is 12.1 Å². The summed E-state index contributed by atoms with van der Waals surface area (Å²) >= 11 is 0. The Balaban J connectivity index is 0.000000183. The molecule has 0 saturated carbocycles. The molecule has 0 atom stereocenters. The van der Waals surface area contributed by atoms with Gasteiger partial charge in [-0.2, -0.15) is 0 Å². The van der Waals surface area contributed by atoms with Crippen LogP contribution in [0.1, 0.15) is 0 Å². The van der Waals surface area contributed by atoms with Crippen LogP contribution < -0.4 is 0 Å². The van der Waals surface area contributed by atoms with E-state index in [2.05, 4.69) is 15.4 Å². The molecule has 3 nitrogen and oxygen atoms in total. The maximum atomic E-state index is 9.88. The molecule has 11 heavy (non-hydrogen) atoms. The fraction of sp³-hybridized carbons (Fsp3) is 0. The monoisotopic (exact) mass is 170 g/mol. The summed E-state index contributed by atoms with van der Waals surface area (Å²) in [5.74, 6) is -0.332. The number of hydrogen-bond donors (Lipinski definition) is 0. The predicted octanol–water partition coefficient (Wildman–Crippen LogP) is 0.276. The maximum absolute atomic E-state index is 9.88. The summed E-state index contributed by atoms with van der Waals surface area (Å²) < 4.78 is 8.86. The molecule has 1 heterocycles. The third-order valence-corrected chi connectivity index (χ3v) is 1.20. The van der Waals surface area contributed by atoms with Crippen LogP contribution in [0, 0.1) is 0 Å². The highest BCUT2D eigenvalue weighted by Crippen LogP contribution is 1.79. The van der Waals surface area contributed by atoms with E-state index in [0.717, 1.165) is 6.08 Å². The van der Waals surface area contributed by atoms with Gasteiger partial charge in [0.1, 0.15) is 0 Å². The van der Waals surface area contributed by atoms with Gasteiger partial charge >= 0.3 is 5.97 Å². The third kappa shape index (κ3) is 6.59. The molecule has 60 valence electrons. The Morgan fingerprint density at radius 1 is 1.55 bits per heavy atom. The Morgan fingerprint density at radius 3 is 2.18 bits per heavy atom. The zero-order valence-corrected chi connectivity index (χ0v) is 8.32. The van der Waals surface area contributed by atoms with Crippen molar-refractivity contribution in [2.45, 2.75) is 0 Å². The van der Waals surface area contributed by atoms with Crippen LogP contribution in [0.4, 0.5) is 0 Å². The van der Waals surface area contributed by atoms with Gasteiger partial charge in [0.2, 0.25) is 10.5 Å². The Kier molecular flexibility index (Phi) is 6.02. The molecule has 1 aromatic rings. The normalized spacial score (nSPS) is 7.64. The molecule has 0 saturated heterocycles. The maximum Gasteiger partial charge on any atom is 0.316 e. The van der Waals surface area contributed by atoms with Crippen LogP contribution in [-0.4, -0.2) is 16.5 Å². The van der Waals surface area contributed by atoms with Crippen molar-refractivity contribution in [1.82, 2.24) is 0 Å². The molecule has 0 spiro atoms. The number of carbonyl (C=O) groups excluding carboxylic acids is 1. The van der Waals surface area contributed by atoms with Gasteiger partial charge in [0.05, 0.1) is 12.5 Å². The van der Waals surface area contributed by atoms with E-state index in [9.17, 15) is 4.79 Å². The van der Waals surface area contributed by atoms with Crippen LogP contribution in [-0.2, 0) is 9.22 Å². The van der Waals surface area contributed by atoms with Gasteiger partial charge in [-0.3, -0.25) is 0 Å². The molecule has 0 amide bonds. The van der Waals surface area contributed by atoms with Crippen LogP contribution in [0.25, 0.3) is 0 Å². The lowest BCUT2D eigenvalue weighted by atomic mass is 10.7. The fourth-order valence-electron chi connectivity index (χ4n) is 0.310. The van der Waals surface area contributed by atoms with Gasteiger partial charge in [-0.15, -0.1) is 0 Å². The zero-order valence-electron chi connectivity index (χ0n) is 6.32. The minimum atomic E-state index is -0.332. The van der Waals surface area contributed by atoms with E-state index in [4.69, 9.17) is 0 Å². The molecule has 0 aliphatic carbocycles. The van der Waals surface area contributed by atoms with E-state index in [1.807, 2.05) is 12.1 Å². The van der Waals surface area contributed by atoms with Crippen molar-refractivity contribution in [3.63, 3.8) is 0 Å². The van der Waals surface area contributed by atoms with Gasteiger partial charge < -0.3 is 8.84 Å². The highest BCUT2D eigenvalue weighted by molar-refractivity contribution is 6.07. The van der Waals surface area contributed by atoms with Crippen LogP contribution in [0.5, 0.6) is 0 Å². The molecule has 0 N–H and O–H groups in total. The molecular weight excluding hydrogens is 160 g/mol. The first kappa shape index (κ1) is 9.71. The van der Waals surface area contributed by atoms with Crippen molar-refractivity contribution in [2.75, 3.05) is 0 Å². The molecule has 0 bridgehead atoms. The number of hydrogen-bond acceptors (Lipinski definition) is 3. The van der Waals surface area contributed by atoms with Crippen LogP contribution in [0.2, 0.25) is 0 Å². The van der Waals surface area contributed by atoms with Crippen molar-refractivity contribution < 1.29 is 13.6 Å². The molecule has 4 heteroatoms. The summed E-state index contributed by atoms with van der Waals surface area (Å²) in [6, 6.07) is 3.67. The molecule has 0 radical (unpaired) electrons. The highest BCUT2D eigenvalue weighted by atomic mass is 28.2. The Hall–Kier alpha value is -1.29. The van der Waals surface area contributed by atoms with Crippen molar-refractivity contribution >= 4 is 16.5 Å². The average molecular weight is 170 g/mol. The fourth-order valence-corrected chi connectivity index (χ4v) is 0.477. The Morgan fingerprint density at radius 2 is 2.09 bits per heavy atom. The van der Waals surface area contributed by atoms with Crippen molar-refractivity contribution in [2.24, 2.45) is 0 Å². The lowest BCUT2D eigenvalue weighted by Crippen LogP contribution is -1.93. The lowest BCUT2D eigenvalue weighted by Gasteiger charge is -1.84. The summed E-state index contributed by atoms with van der Waals surface area (Å²) in [6.45, 7) is 3.18. The smallest absolute Gasteiger partial charge is 0.316 e.